The third-order valence-electron chi connectivity index (χ3n) is 4.90. The van der Waals surface area contributed by atoms with E-state index in [9.17, 15) is 18.0 Å². The molecular formula is C21H21F3O4. The largest absolute Gasteiger partial charge is 0.451 e. The van der Waals surface area contributed by atoms with Gasteiger partial charge in [0.25, 0.3) is 0 Å². The number of ether oxygens (including phenoxy) is 1. The van der Waals surface area contributed by atoms with Gasteiger partial charge in [0.15, 0.2) is 0 Å². The van der Waals surface area contributed by atoms with Crippen molar-refractivity contribution in [3.8, 4) is 0 Å². The van der Waals surface area contributed by atoms with Gasteiger partial charge in [0.2, 0.25) is 5.79 Å². The zero-order chi connectivity index (χ0) is 20.6. The lowest BCUT2D eigenvalue weighted by molar-refractivity contribution is -0.422. The molecule has 3 atom stereocenters. The van der Waals surface area contributed by atoms with Crippen LogP contribution in [0.15, 0.2) is 54.6 Å². The summed E-state index contributed by atoms with van der Waals surface area (Å²) in [6.07, 6.45) is -4.19. The number of halogens is 3. The van der Waals surface area contributed by atoms with E-state index in [0.29, 0.717) is 11.1 Å². The minimum absolute atomic E-state index is 0.231. The minimum atomic E-state index is -4.91. The van der Waals surface area contributed by atoms with Crippen LogP contribution in [0.5, 0.6) is 0 Å². The Labute approximate surface area is 161 Å². The Balaban J connectivity index is 2.19. The van der Waals surface area contributed by atoms with E-state index in [-0.39, 0.29) is 5.56 Å². The Kier molecular flexibility index (Phi) is 5.36. The number of hydrogen-bond donors (Lipinski definition) is 0. The van der Waals surface area contributed by atoms with Crippen molar-refractivity contribution in [1.29, 1.82) is 0 Å². The van der Waals surface area contributed by atoms with E-state index in [4.69, 9.17) is 14.5 Å². The summed E-state index contributed by atoms with van der Waals surface area (Å²) in [4.78, 5) is 21.7. The third-order valence-corrected chi connectivity index (χ3v) is 4.90. The van der Waals surface area contributed by atoms with Crippen molar-refractivity contribution in [1.82, 2.24) is 0 Å². The first-order chi connectivity index (χ1) is 13.2. The maximum Gasteiger partial charge on any atom is 0.451 e. The molecule has 0 saturated carbocycles. The molecular weight excluding hydrogens is 373 g/mol. The van der Waals surface area contributed by atoms with Crippen LogP contribution in [0.3, 0.4) is 0 Å². The molecule has 1 fully saturated rings. The summed E-state index contributed by atoms with van der Waals surface area (Å²) in [7, 11) is 0. The molecule has 1 saturated heterocycles. The average molecular weight is 394 g/mol. The Bertz CT molecular complexity index is 837. The number of carbonyl (C=O) groups excluding carboxylic acids is 1. The lowest BCUT2D eigenvalue weighted by Crippen LogP contribution is -2.46. The molecule has 28 heavy (non-hydrogen) atoms. The van der Waals surface area contributed by atoms with Gasteiger partial charge in [0.05, 0.1) is 0 Å². The summed E-state index contributed by atoms with van der Waals surface area (Å²) >= 11 is 0. The Morgan fingerprint density at radius 2 is 1.54 bits per heavy atom. The standard InChI is InChI=1S/C21H21F3O4/c1-14(2)19(18-12-8-7-11-17(18)15(3)13-25)26-20(28-27-19,21(22,23)24)16-9-5-4-6-10-16/h4-15H,1-3H3. The fraction of sp³-hybridized carbons (Fsp3) is 0.381. The van der Waals surface area contributed by atoms with Crippen LogP contribution in [0.25, 0.3) is 0 Å². The molecule has 150 valence electrons. The molecule has 3 rings (SSSR count). The molecule has 0 radical (unpaired) electrons. The van der Waals surface area contributed by atoms with Crippen LogP contribution in [-0.2, 0) is 30.9 Å². The smallest absolute Gasteiger partial charge is 0.303 e. The summed E-state index contributed by atoms with van der Waals surface area (Å²) in [6.45, 7) is 5.00. The van der Waals surface area contributed by atoms with E-state index in [1.54, 1.807) is 51.1 Å². The van der Waals surface area contributed by atoms with Crippen molar-refractivity contribution in [2.24, 2.45) is 5.92 Å². The summed E-state index contributed by atoms with van der Waals surface area (Å²) < 4.78 is 48.2. The number of alkyl halides is 3. The Morgan fingerprint density at radius 1 is 0.929 bits per heavy atom. The molecule has 0 bridgehead atoms. The van der Waals surface area contributed by atoms with Crippen LogP contribution < -0.4 is 0 Å². The van der Waals surface area contributed by atoms with E-state index in [0.717, 1.165) is 6.29 Å². The number of hydrogen-bond acceptors (Lipinski definition) is 4. The number of benzene rings is 2. The van der Waals surface area contributed by atoms with Crippen LogP contribution in [0, 0.1) is 5.92 Å². The first kappa shape index (κ1) is 20.5. The SMILES string of the molecule is CC(C=O)c1ccccc1C1(C(C)C)OOC(c2ccccc2)(C(F)(F)F)O1. The van der Waals surface area contributed by atoms with Crippen molar-refractivity contribution in [3.05, 3.63) is 71.3 Å². The topological polar surface area (TPSA) is 44.8 Å². The van der Waals surface area contributed by atoms with Crippen LogP contribution in [0.2, 0.25) is 0 Å². The zero-order valence-corrected chi connectivity index (χ0v) is 15.7. The molecule has 7 heteroatoms. The highest BCUT2D eigenvalue weighted by molar-refractivity contribution is 5.63. The summed E-state index contributed by atoms with van der Waals surface area (Å²) in [6, 6.07) is 13.7. The van der Waals surface area contributed by atoms with Gasteiger partial charge in [-0.2, -0.15) is 22.9 Å². The molecule has 2 aromatic rings. The zero-order valence-electron chi connectivity index (χ0n) is 15.7. The molecule has 0 N–H and O–H groups in total. The van der Waals surface area contributed by atoms with Gasteiger partial charge in [0.1, 0.15) is 6.29 Å². The van der Waals surface area contributed by atoms with Gasteiger partial charge in [-0.05, 0) is 5.56 Å². The van der Waals surface area contributed by atoms with Crippen molar-refractivity contribution in [2.75, 3.05) is 0 Å². The van der Waals surface area contributed by atoms with Crippen molar-refractivity contribution >= 4 is 6.29 Å². The lowest BCUT2D eigenvalue weighted by Gasteiger charge is -2.35. The fourth-order valence-corrected chi connectivity index (χ4v) is 3.31. The minimum Gasteiger partial charge on any atom is -0.303 e. The maximum atomic E-state index is 14.2. The monoisotopic (exact) mass is 394 g/mol. The quantitative estimate of drug-likeness (QED) is 0.517. The van der Waals surface area contributed by atoms with Crippen molar-refractivity contribution in [3.63, 3.8) is 0 Å². The van der Waals surface area contributed by atoms with E-state index in [2.05, 4.69) is 0 Å². The Morgan fingerprint density at radius 3 is 2.11 bits per heavy atom. The predicted octanol–water partition coefficient (Wildman–Crippen LogP) is 5.19. The molecule has 1 aliphatic heterocycles. The number of aldehydes is 1. The maximum absolute atomic E-state index is 14.2. The van der Waals surface area contributed by atoms with Crippen LogP contribution in [0.1, 0.15) is 43.4 Å². The number of rotatable bonds is 5. The second kappa shape index (κ2) is 7.31. The van der Waals surface area contributed by atoms with Gasteiger partial charge in [-0.3, -0.25) is 4.74 Å². The van der Waals surface area contributed by atoms with Crippen LogP contribution >= 0.6 is 0 Å². The normalized spacial score (nSPS) is 26.4. The van der Waals surface area contributed by atoms with Crippen molar-refractivity contribution in [2.45, 2.75) is 44.4 Å². The van der Waals surface area contributed by atoms with Gasteiger partial charge in [-0.25, -0.2) is 0 Å². The number of carbonyl (C=O) groups is 1. The lowest BCUT2D eigenvalue weighted by atomic mass is 9.86. The second-order valence-corrected chi connectivity index (χ2v) is 7.08. The molecule has 2 aromatic carbocycles. The molecule has 3 unspecified atom stereocenters. The first-order valence-electron chi connectivity index (χ1n) is 8.92. The summed E-state index contributed by atoms with van der Waals surface area (Å²) in [5, 5.41) is 0. The van der Waals surface area contributed by atoms with Crippen LogP contribution in [0.4, 0.5) is 13.2 Å². The Hall–Kier alpha value is -2.22. The van der Waals surface area contributed by atoms with Crippen molar-refractivity contribution < 1.29 is 32.5 Å². The molecule has 1 aliphatic rings. The van der Waals surface area contributed by atoms with E-state index < -0.39 is 29.6 Å². The van der Waals surface area contributed by atoms with Gasteiger partial charge >= 0.3 is 12.0 Å². The van der Waals surface area contributed by atoms with Crippen LogP contribution in [-0.4, -0.2) is 12.5 Å². The van der Waals surface area contributed by atoms with Gasteiger partial charge < -0.3 is 4.79 Å². The molecule has 0 spiro atoms. The molecule has 1 heterocycles. The highest BCUT2D eigenvalue weighted by atomic mass is 19.4. The molecule has 4 nitrogen and oxygen atoms in total. The second-order valence-electron chi connectivity index (χ2n) is 7.08. The van der Waals surface area contributed by atoms with E-state index in [1.165, 1.54) is 24.3 Å². The molecule has 0 aromatic heterocycles. The van der Waals surface area contributed by atoms with Gasteiger partial charge in [-0.15, -0.1) is 0 Å². The highest BCUT2D eigenvalue weighted by Gasteiger charge is 2.70. The fourth-order valence-electron chi connectivity index (χ4n) is 3.31. The third kappa shape index (κ3) is 3.13. The summed E-state index contributed by atoms with van der Waals surface area (Å²) in [5.41, 5.74) is 0.610. The summed E-state index contributed by atoms with van der Waals surface area (Å²) in [5.74, 6) is -6.05. The first-order valence-corrected chi connectivity index (χ1v) is 8.92. The average Bonchev–Trinajstić information content (AvgIpc) is 3.11. The highest BCUT2D eigenvalue weighted by Crippen LogP contribution is 2.56. The molecule has 0 aliphatic carbocycles. The van der Waals surface area contributed by atoms with E-state index in [1.807, 2.05) is 0 Å². The van der Waals surface area contributed by atoms with Gasteiger partial charge in [-0.1, -0.05) is 75.4 Å². The molecule has 0 amide bonds. The van der Waals surface area contributed by atoms with Gasteiger partial charge in [0, 0.05) is 23.0 Å². The van der Waals surface area contributed by atoms with E-state index >= 15 is 0 Å². The predicted molar refractivity (Wildman–Crippen MR) is 94.9 cm³/mol.